The molecule has 0 aromatic heterocycles. The number of carboxylic acids is 1. The van der Waals surface area contributed by atoms with Gasteiger partial charge in [0.1, 0.15) is 0 Å². The fourth-order valence-electron chi connectivity index (χ4n) is 4.11. The number of halogens is 1. The Morgan fingerprint density at radius 3 is 1.81 bits per heavy atom. The van der Waals surface area contributed by atoms with Gasteiger partial charge in [0.25, 0.3) is 0 Å². The molecular formula is C24H26BrO5PS. The van der Waals surface area contributed by atoms with Gasteiger partial charge in [-0.2, -0.15) is 0 Å². The van der Waals surface area contributed by atoms with Gasteiger partial charge in [-0.15, -0.1) is 0 Å². The summed E-state index contributed by atoms with van der Waals surface area (Å²) in [5, 5.41) is 8.51. The Morgan fingerprint density at radius 2 is 1.31 bits per heavy atom. The van der Waals surface area contributed by atoms with E-state index in [-0.39, 0.29) is 11.3 Å². The van der Waals surface area contributed by atoms with Crippen molar-refractivity contribution in [1.82, 2.24) is 0 Å². The van der Waals surface area contributed by atoms with Crippen LogP contribution in [0.1, 0.15) is 25.7 Å². The van der Waals surface area contributed by atoms with Crippen LogP contribution >= 0.6 is 20.8 Å². The first-order chi connectivity index (χ1) is 15.2. The van der Waals surface area contributed by atoms with Gasteiger partial charge >= 0.3 is 197 Å². The molecule has 3 aromatic rings. The van der Waals surface area contributed by atoms with Gasteiger partial charge in [0, 0.05) is 0 Å². The van der Waals surface area contributed by atoms with Crippen LogP contribution in [0.15, 0.2) is 89.8 Å². The number of benzene rings is 3. The summed E-state index contributed by atoms with van der Waals surface area (Å²) >= 11 is 4.24. The van der Waals surface area contributed by atoms with Crippen LogP contribution in [-0.4, -0.2) is 30.2 Å². The second kappa shape index (κ2) is 9.84. The van der Waals surface area contributed by atoms with Crippen LogP contribution in [0, 0.1) is 0 Å². The normalized spacial score (nSPS) is 13.2. The van der Waals surface area contributed by atoms with Crippen LogP contribution < -0.4 is 15.9 Å². The van der Waals surface area contributed by atoms with Crippen molar-refractivity contribution in [3.63, 3.8) is 0 Å². The Morgan fingerprint density at radius 1 is 0.781 bits per heavy atom. The van der Waals surface area contributed by atoms with E-state index in [9.17, 15) is 17.8 Å². The van der Waals surface area contributed by atoms with Crippen molar-refractivity contribution in [1.29, 1.82) is 0 Å². The molecule has 0 heterocycles. The molecule has 0 fully saturated rings. The van der Waals surface area contributed by atoms with E-state index in [1.54, 1.807) is 12.1 Å². The zero-order valence-corrected chi connectivity index (χ0v) is 20.8. The molecule has 0 bridgehead atoms. The fourth-order valence-corrected chi connectivity index (χ4v) is 12.4. The van der Waals surface area contributed by atoms with Crippen LogP contribution in [0.2, 0.25) is 0 Å². The molecule has 5 nitrogen and oxygen atoms in total. The zero-order chi connectivity index (χ0) is 23.3. The van der Waals surface area contributed by atoms with Crippen LogP contribution in [0.25, 0.3) is 0 Å². The van der Waals surface area contributed by atoms with E-state index in [0.29, 0.717) is 12.6 Å². The van der Waals surface area contributed by atoms with Crippen molar-refractivity contribution in [3.05, 3.63) is 84.9 Å². The Balaban J connectivity index is 2.24. The summed E-state index contributed by atoms with van der Waals surface area (Å²) in [4.78, 5) is 10.8. The molecule has 2 N–H and O–H groups in total. The molecule has 170 valence electrons. The number of hydrogen-bond acceptors (Lipinski definition) is 3. The summed E-state index contributed by atoms with van der Waals surface area (Å²) in [7, 11) is -4.38. The fraction of sp³-hybridized carbons (Fsp3) is 0.208. The summed E-state index contributed by atoms with van der Waals surface area (Å²) < 4.78 is 33.6. The molecular weight excluding hydrogens is 511 g/mol. The summed E-state index contributed by atoms with van der Waals surface area (Å²) in [6, 6.07) is 26.3. The van der Waals surface area contributed by atoms with E-state index in [4.69, 9.17) is 5.11 Å². The van der Waals surface area contributed by atoms with E-state index >= 15 is 0 Å². The van der Waals surface area contributed by atoms with Crippen molar-refractivity contribution < 1.29 is 22.9 Å². The van der Waals surface area contributed by atoms with E-state index in [1.165, 1.54) is 6.07 Å². The molecule has 0 spiro atoms. The van der Waals surface area contributed by atoms with E-state index in [2.05, 4.69) is 15.5 Å². The minimum absolute atomic E-state index is 0.118. The van der Waals surface area contributed by atoms with Gasteiger partial charge in [-0.1, -0.05) is 0 Å². The van der Waals surface area contributed by atoms with Crippen molar-refractivity contribution in [2.75, 3.05) is 6.16 Å². The number of rotatable bonds is 10. The van der Waals surface area contributed by atoms with Gasteiger partial charge in [-0.25, -0.2) is 0 Å². The van der Waals surface area contributed by atoms with E-state index < -0.39 is 21.4 Å². The van der Waals surface area contributed by atoms with Crippen LogP contribution in [0.3, 0.4) is 0 Å². The third-order valence-electron chi connectivity index (χ3n) is 5.71. The van der Waals surface area contributed by atoms with Gasteiger partial charge in [0.05, 0.1) is 0 Å². The molecule has 0 saturated carbocycles. The number of carbonyl (C=O) groups is 1. The molecule has 0 atom stereocenters. The van der Waals surface area contributed by atoms with Gasteiger partial charge in [0.15, 0.2) is 0 Å². The first-order valence-electron chi connectivity index (χ1n) is 10.3. The molecule has 8 heteroatoms. The number of hydrogen-bond donors (Lipinski definition) is 2. The Kier molecular flexibility index (Phi) is 7.56. The van der Waals surface area contributed by atoms with Crippen molar-refractivity contribution in [3.8, 4) is 0 Å². The Labute approximate surface area is 196 Å². The van der Waals surface area contributed by atoms with Crippen molar-refractivity contribution in [2.45, 2.75) is 30.6 Å². The third kappa shape index (κ3) is 4.96. The van der Waals surface area contributed by atoms with E-state index in [1.807, 2.05) is 66.7 Å². The molecule has 3 rings (SSSR count). The third-order valence-corrected chi connectivity index (χ3v) is 16.6. The second-order valence-electron chi connectivity index (χ2n) is 7.75. The van der Waals surface area contributed by atoms with Crippen molar-refractivity contribution >= 4 is 52.8 Å². The molecule has 0 unspecified atom stereocenters. The Bertz CT molecular complexity index is 1140. The van der Waals surface area contributed by atoms with Gasteiger partial charge in [0.2, 0.25) is 0 Å². The molecule has 0 aliphatic carbocycles. The second-order valence-corrected chi connectivity index (χ2v) is 18.2. The summed E-state index contributed by atoms with van der Waals surface area (Å²) in [6.07, 6.45) is 2.84. The minimum atomic E-state index is -4.38. The number of aliphatic carboxylic acids is 1. The predicted octanol–water partition coefficient (Wildman–Crippen LogP) is 4.72. The van der Waals surface area contributed by atoms with Crippen LogP contribution in [-0.2, 0) is 14.9 Å². The molecule has 0 saturated heterocycles. The Hall–Kier alpha value is -2.05. The monoisotopic (exact) mass is 536 g/mol. The molecule has 0 aliphatic heterocycles. The van der Waals surface area contributed by atoms with E-state index in [0.717, 1.165) is 28.8 Å². The number of carboxylic acid groups (broad SMARTS) is 1. The summed E-state index contributed by atoms with van der Waals surface area (Å²) in [6.45, 7) is 0. The van der Waals surface area contributed by atoms with Crippen LogP contribution in [0.5, 0.6) is 0 Å². The number of unbranched alkanes of at least 4 members (excludes halogenated alkanes) is 2. The average Bonchev–Trinajstić information content (AvgIpc) is 2.79. The van der Waals surface area contributed by atoms with Crippen LogP contribution in [0.4, 0.5) is 0 Å². The maximum atomic E-state index is 12.0. The molecule has 0 amide bonds. The molecule has 32 heavy (non-hydrogen) atoms. The molecule has 3 aromatic carbocycles. The topological polar surface area (TPSA) is 91.7 Å². The first kappa shape index (κ1) is 24.6. The van der Waals surface area contributed by atoms with Gasteiger partial charge in [-0.05, 0) is 0 Å². The standard InChI is InChI=1S/C24H26BrO5PS/c25-31(20-11-4-1-5-12-20,21-13-6-2-7-14-21,18-9-3-8-17-24(26)27)22-15-10-16-23(19-22)32(28,29)30/h1-2,4-7,10-16,19H,3,8-9,17-18H2,(H,26,27)(H,28,29,30). The summed E-state index contributed by atoms with van der Waals surface area (Å²) in [5.74, 6) is -0.812. The van der Waals surface area contributed by atoms with Gasteiger partial charge in [-0.3, -0.25) is 0 Å². The maximum absolute atomic E-state index is 12.0. The molecule has 0 aliphatic rings. The van der Waals surface area contributed by atoms with Crippen molar-refractivity contribution in [2.24, 2.45) is 0 Å². The quantitative estimate of drug-likeness (QED) is 0.222. The molecule has 0 radical (unpaired) electrons. The predicted molar refractivity (Wildman–Crippen MR) is 135 cm³/mol. The summed E-state index contributed by atoms with van der Waals surface area (Å²) in [5.41, 5.74) is 0. The van der Waals surface area contributed by atoms with Gasteiger partial charge < -0.3 is 0 Å². The average molecular weight is 537 g/mol. The first-order valence-corrected chi connectivity index (χ1v) is 16.2. The SMILES string of the molecule is O=C(O)CCCCCP(Br)(c1ccccc1)(c1ccccc1)c1cccc(S(=O)(=O)O)c1. The zero-order valence-electron chi connectivity index (χ0n) is 17.5.